The van der Waals surface area contributed by atoms with E-state index in [4.69, 9.17) is 8.92 Å². The Hall–Kier alpha value is -1.56. The maximum absolute atomic E-state index is 11.8. The summed E-state index contributed by atoms with van der Waals surface area (Å²) in [6, 6.07) is 6.99. The molecule has 22 heavy (non-hydrogen) atoms. The fourth-order valence-electron chi connectivity index (χ4n) is 1.83. The lowest BCUT2D eigenvalue weighted by Gasteiger charge is -2.19. The minimum atomic E-state index is -3.70. The van der Waals surface area contributed by atoms with Crippen molar-refractivity contribution < 1.29 is 22.1 Å². The van der Waals surface area contributed by atoms with Gasteiger partial charge in [0.1, 0.15) is 5.75 Å². The van der Waals surface area contributed by atoms with Crippen LogP contribution in [0, 0.1) is 0 Å². The lowest BCUT2D eigenvalue weighted by molar-refractivity contribution is -0.143. The monoisotopic (exact) mass is 328 g/mol. The number of rotatable bonds is 7. The Morgan fingerprint density at radius 2 is 1.73 bits per heavy atom. The van der Waals surface area contributed by atoms with E-state index in [1.54, 1.807) is 19.1 Å². The molecule has 6 heteroatoms. The number of hydrogen-bond acceptors (Lipinski definition) is 5. The third-order valence-electron chi connectivity index (χ3n) is 3.02. The van der Waals surface area contributed by atoms with Gasteiger partial charge in [0.2, 0.25) is 0 Å². The van der Waals surface area contributed by atoms with Crippen molar-refractivity contribution in [3.05, 3.63) is 29.8 Å². The van der Waals surface area contributed by atoms with Gasteiger partial charge in [-0.3, -0.25) is 4.79 Å². The first-order valence-corrected chi connectivity index (χ1v) is 8.90. The molecule has 0 unspecified atom stereocenters. The fraction of sp³-hybridized carbons (Fsp3) is 0.562. The molecule has 0 aliphatic carbocycles. The highest BCUT2D eigenvalue weighted by Gasteiger charge is 2.16. The van der Waals surface area contributed by atoms with Crippen molar-refractivity contribution in [1.82, 2.24) is 0 Å². The molecule has 0 saturated heterocycles. The Labute approximate surface area is 132 Å². The van der Waals surface area contributed by atoms with Crippen LogP contribution in [0.2, 0.25) is 0 Å². The van der Waals surface area contributed by atoms with Crippen LogP contribution in [0.4, 0.5) is 0 Å². The quantitative estimate of drug-likeness (QED) is 0.568. The highest BCUT2D eigenvalue weighted by atomic mass is 32.2. The Morgan fingerprint density at radius 1 is 1.14 bits per heavy atom. The highest BCUT2D eigenvalue weighted by molar-refractivity contribution is 7.87. The summed E-state index contributed by atoms with van der Waals surface area (Å²) in [6.07, 6.45) is 0.251. The number of benzene rings is 1. The van der Waals surface area contributed by atoms with Crippen LogP contribution >= 0.6 is 0 Å². The first-order chi connectivity index (χ1) is 10.1. The average Bonchev–Trinajstić information content (AvgIpc) is 2.37. The molecule has 0 aromatic heterocycles. The third kappa shape index (κ3) is 6.47. The zero-order chi connectivity index (χ0) is 16.8. The van der Waals surface area contributed by atoms with E-state index in [1.807, 2.05) is 12.1 Å². The van der Waals surface area contributed by atoms with Gasteiger partial charge in [-0.15, -0.1) is 0 Å². The first-order valence-electron chi connectivity index (χ1n) is 7.32. The topological polar surface area (TPSA) is 69.7 Å². The summed E-state index contributed by atoms with van der Waals surface area (Å²) in [4.78, 5) is 11.2. The van der Waals surface area contributed by atoms with E-state index >= 15 is 0 Å². The molecule has 1 rings (SSSR count). The van der Waals surface area contributed by atoms with E-state index in [1.165, 1.54) is 0 Å². The van der Waals surface area contributed by atoms with Crippen LogP contribution in [0.1, 0.15) is 46.1 Å². The summed E-state index contributed by atoms with van der Waals surface area (Å²) >= 11 is 0. The van der Waals surface area contributed by atoms with Crippen molar-refractivity contribution in [2.75, 3.05) is 12.4 Å². The van der Waals surface area contributed by atoms with E-state index in [2.05, 4.69) is 20.8 Å². The number of esters is 1. The summed E-state index contributed by atoms with van der Waals surface area (Å²) in [6.45, 7) is 8.24. The minimum absolute atomic E-state index is 0.00293. The van der Waals surface area contributed by atoms with Gasteiger partial charge in [0.25, 0.3) is 0 Å². The third-order valence-corrected chi connectivity index (χ3v) is 4.26. The van der Waals surface area contributed by atoms with Crippen LogP contribution in [-0.2, 0) is 25.1 Å². The lowest BCUT2D eigenvalue weighted by atomic mass is 9.87. The molecule has 1 aromatic rings. The van der Waals surface area contributed by atoms with Gasteiger partial charge >= 0.3 is 16.1 Å². The molecule has 0 fully saturated rings. The molecule has 0 spiro atoms. The van der Waals surface area contributed by atoms with Gasteiger partial charge < -0.3 is 8.92 Å². The zero-order valence-electron chi connectivity index (χ0n) is 13.6. The van der Waals surface area contributed by atoms with Gasteiger partial charge in [-0.1, -0.05) is 32.9 Å². The SMILES string of the molecule is CCOC(=O)CCCS(=O)(=O)Oc1ccc(C(C)(C)C)cc1. The maximum Gasteiger partial charge on any atom is 0.309 e. The van der Waals surface area contributed by atoms with E-state index in [-0.39, 0.29) is 29.8 Å². The van der Waals surface area contributed by atoms with E-state index in [9.17, 15) is 13.2 Å². The molecule has 0 heterocycles. The van der Waals surface area contributed by atoms with Gasteiger partial charge in [0.15, 0.2) is 0 Å². The molecule has 0 saturated carbocycles. The summed E-state index contributed by atoms with van der Waals surface area (Å²) in [5, 5.41) is 0. The van der Waals surface area contributed by atoms with E-state index in [0.717, 1.165) is 5.56 Å². The average molecular weight is 328 g/mol. The van der Waals surface area contributed by atoms with Crippen LogP contribution < -0.4 is 4.18 Å². The first kappa shape index (κ1) is 18.5. The molecule has 0 N–H and O–H groups in total. The Morgan fingerprint density at radius 3 is 2.23 bits per heavy atom. The molecule has 1 aromatic carbocycles. The molecule has 124 valence electrons. The van der Waals surface area contributed by atoms with Gasteiger partial charge in [0, 0.05) is 6.42 Å². The second-order valence-electron chi connectivity index (χ2n) is 6.03. The number of carbonyl (C=O) groups excluding carboxylic acids is 1. The van der Waals surface area contributed by atoms with Gasteiger partial charge in [0.05, 0.1) is 12.4 Å². The van der Waals surface area contributed by atoms with Crippen LogP contribution in [0.5, 0.6) is 5.75 Å². The second-order valence-corrected chi connectivity index (χ2v) is 7.72. The number of carbonyl (C=O) groups is 1. The molecule has 0 aliphatic heterocycles. The van der Waals surface area contributed by atoms with E-state index in [0.29, 0.717) is 6.61 Å². The molecule has 5 nitrogen and oxygen atoms in total. The summed E-state index contributed by atoms with van der Waals surface area (Å²) < 4.78 is 33.5. The second kappa shape index (κ2) is 7.63. The summed E-state index contributed by atoms with van der Waals surface area (Å²) in [7, 11) is -3.70. The Kier molecular flexibility index (Phi) is 6.41. The van der Waals surface area contributed by atoms with Gasteiger partial charge in [-0.2, -0.15) is 8.42 Å². The van der Waals surface area contributed by atoms with Crippen molar-refractivity contribution >= 4 is 16.1 Å². The van der Waals surface area contributed by atoms with Crippen molar-refractivity contribution in [3.63, 3.8) is 0 Å². The van der Waals surface area contributed by atoms with Gasteiger partial charge in [-0.25, -0.2) is 0 Å². The smallest absolute Gasteiger partial charge is 0.309 e. The largest absolute Gasteiger partial charge is 0.466 e. The fourth-order valence-corrected chi connectivity index (χ4v) is 2.81. The summed E-state index contributed by atoms with van der Waals surface area (Å²) in [5.74, 6) is -0.330. The van der Waals surface area contributed by atoms with Crippen molar-refractivity contribution in [1.29, 1.82) is 0 Å². The summed E-state index contributed by atoms with van der Waals surface area (Å²) in [5.41, 5.74) is 1.09. The zero-order valence-corrected chi connectivity index (χ0v) is 14.4. The predicted molar refractivity (Wildman–Crippen MR) is 85.4 cm³/mol. The normalized spacial score (nSPS) is 12.0. The van der Waals surface area contributed by atoms with Crippen molar-refractivity contribution in [2.45, 2.75) is 46.0 Å². The van der Waals surface area contributed by atoms with Gasteiger partial charge in [-0.05, 0) is 36.5 Å². The predicted octanol–water partition coefficient (Wildman–Crippen LogP) is 3.04. The van der Waals surface area contributed by atoms with Crippen molar-refractivity contribution in [3.8, 4) is 5.75 Å². The molecule has 0 radical (unpaired) electrons. The standard InChI is InChI=1S/C16H24O5S/c1-5-20-15(17)7-6-12-22(18,19)21-14-10-8-13(9-11-14)16(2,3)4/h8-11H,5-7,12H2,1-4H3. The van der Waals surface area contributed by atoms with E-state index < -0.39 is 16.1 Å². The Bertz CT molecular complexity index is 582. The highest BCUT2D eigenvalue weighted by Crippen LogP contribution is 2.24. The van der Waals surface area contributed by atoms with Crippen molar-refractivity contribution in [2.24, 2.45) is 0 Å². The van der Waals surface area contributed by atoms with Crippen LogP contribution in [-0.4, -0.2) is 26.7 Å². The number of ether oxygens (including phenoxy) is 1. The minimum Gasteiger partial charge on any atom is -0.466 e. The number of hydrogen-bond donors (Lipinski definition) is 0. The molecular weight excluding hydrogens is 304 g/mol. The molecule has 0 atom stereocenters. The lowest BCUT2D eigenvalue weighted by Crippen LogP contribution is -2.16. The maximum atomic E-state index is 11.8. The molecular formula is C16H24O5S. The van der Waals surface area contributed by atoms with Crippen LogP contribution in [0.15, 0.2) is 24.3 Å². The Balaban J connectivity index is 2.56. The van der Waals surface area contributed by atoms with Crippen LogP contribution in [0.3, 0.4) is 0 Å². The molecule has 0 bridgehead atoms. The molecule has 0 aliphatic rings. The van der Waals surface area contributed by atoms with Crippen LogP contribution in [0.25, 0.3) is 0 Å². The molecule has 0 amide bonds.